The molecular weight excluding hydrogens is 420 g/mol. The normalized spacial score (nSPS) is 12.3. The van der Waals surface area contributed by atoms with Crippen LogP contribution in [0.5, 0.6) is 0 Å². The highest BCUT2D eigenvalue weighted by Crippen LogP contribution is 2.24. The number of hydrogen-bond acceptors (Lipinski definition) is 3. The van der Waals surface area contributed by atoms with E-state index in [-0.39, 0.29) is 16.8 Å². The predicted octanol–water partition coefficient (Wildman–Crippen LogP) is 5.52. The Morgan fingerprint density at radius 2 is 1.41 bits per heavy atom. The van der Waals surface area contributed by atoms with Gasteiger partial charge >= 0.3 is 0 Å². The summed E-state index contributed by atoms with van der Waals surface area (Å²) in [6, 6.07) is 15.8. The lowest BCUT2D eigenvalue weighted by atomic mass is 9.96. The first-order chi connectivity index (χ1) is 15.0. The molecule has 0 unspecified atom stereocenters. The van der Waals surface area contributed by atoms with E-state index in [0.29, 0.717) is 16.8 Å². The van der Waals surface area contributed by atoms with E-state index in [1.165, 1.54) is 11.6 Å². The minimum atomic E-state index is -3.84. The number of rotatable bonds is 6. The Morgan fingerprint density at radius 3 is 2.06 bits per heavy atom. The zero-order valence-electron chi connectivity index (χ0n) is 19.4. The molecule has 32 heavy (non-hydrogen) atoms. The van der Waals surface area contributed by atoms with Crippen LogP contribution in [0.4, 0.5) is 5.69 Å². The Balaban J connectivity index is 1.85. The van der Waals surface area contributed by atoms with Crippen LogP contribution >= 0.6 is 0 Å². The molecule has 0 aliphatic heterocycles. The second-order valence-electron chi connectivity index (χ2n) is 8.44. The summed E-state index contributed by atoms with van der Waals surface area (Å²) >= 11 is 0. The molecular formula is C26H30N2O3S. The molecule has 0 aliphatic carbocycles. The van der Waals surface area contributed by atoms with Gasteiger partial charge in [0.15, 0.2) is 0 Å². The molecule has 168 valence electrons. The zero-order chi connectivity index (χ0) is 23.6. The van der Waals surface area contributed by atoms with Gasteiger partial charge < -0.3 is 5.32 Å². The maximum Gasteiger partial charge on any atom is 0.262 e. The van der Waals surface area contributed by atoms with Gasteiger partial charge in [0, 0.05) is 11.3 Å². The van der Waals surface area contributed by atoms with Gasteiger partial charge in [-0.05, 0) is 93.6 Å². The van der Waals surface area contributed by atoms with Gasteiger partial charge in [-0.2, -0.15) is 0 Å². The quantitative estimate of drug-likeness (QED) is 0.519. The van der Waals surface area contributed by atoms with E-state index in [9.17, 15) is 13.2 Å². The maximum atomic E-state index is 13.0. The van der Waals surface area contributed by atoms with Gasteiger partial charge in [-0.1, -0.05) is 35.9 Å². The summed E-state index contributed by atoms with van der Waals surface area (Å²) in [7, 11) is -3.84. The molecule has 0 bridgehead atoms. The van der Waals surface area contributed by atoms with Gasteiger partial charge in [-0.25, -0.2) is 8.42 Å². The van der Waals surface area contributed by atoms with Crippen molar-refractivity contribution in [2.24, 2.45) is 0 Å². The van der Waals surface area contributed by atoms with Crippen LogP contribution in [0.2, 0.25) is 0 Å². The van der Waals surface area contributed by atoms with Crippen LogP contribution in [0.1, 0.15) is 56.7 Å². The van der Waals surface area contributed by atoms with Crippen molar-refractivity contribution in [1.29, 1.82) is 0 Å². The highest BCUT2D eigenvalue weighted by Gasteiger charge is 2.21. The van der Waals surface area contributed by atoms with Crippen molar-refractivity contribution in [3.05, 3.63) is 93.5 Å². The number of amides is 1. The van der Waals surface area contributed by atoms with Crippen molar-refractivity contribution < 1.29 is 13.2 Å². The molecule has 0 saturated carbocycles. The number of benzene rings is 3. The van der Waals surface area contributed by atoms with Crippen LogP contribution in [0.25, 0.3) is 0 Å². The van der Waals surface area contributed by atoms with Gasteiger partial charge in [0.1, 0.15) is 0 Å². The minimum absolute atomic E-state index is 0.0840. The third-order valence-electron chi connectivity index (χ3n) is 5.74. The number of carbonyl (C=O) groups is 1. The van der Waals surface area contributed by atoms with Gasteiger partial charge in [0.2, 0.25) is 0 Å². The summed E-state index contributed by atoms with van der Waals surface area (Å²) in [5.41, 5.74) is 6.90. The molecule has 0 spiro atoms. The standard InChI is InChI=1S/C26H30N2O3S/c1-16-7-11-23(12-8-16)28-32(30,31)25-15-22(10-9-17(25)2)26(29)27-21(6)24-14-19(4)18(3)13-20(24)5/h7-15,21,28H,1-6H3,(H,27,29)/t21-/m1/s1. The van der Waals surface area contributed by atoms with Gasteiger partial charge in [-0.15, -0.1) is 0 Å². The second-order valence-corrected chi connectivity index (χ2v) is 10.1. The molecule has 3 aromatic carbocycles. The third-order valence-corrected chi connectivity index (χ3v) is 7.26. The Bertz CT molecular complexity index is 1260. The Hall–Kier alpha value is -3.12. The highest BCUT2D eigenvalue weighted by atomic mass is 32.2. The molecule has 6 heteroatoms. The summed E-state index contributed by atoms with van der Waals surface area (Å²) < 4.78 is 28.6. The monoisotopic (exact) mass is 450 g/mol. The third kappa shape index (κ3) is 5.19. The molecule has 2 N–H and O–H groups in total. The summed E-state index contributed by atoms with van der Waals surface area (Å²) in [6.45, 7) is 11.7. The molecule has 0 aliphatic rings. The van der Waals surface area contributed by atoms with Gasteiger partial charge in [0.25, 0.3) is 15.9 Å². The van der Waals surface area contributed by atoms with Crippen molar-refractivity contribution in [2.45, 2.75) is 52.5 Å². The number of sulfonamides is 1. The molecule has 0 fully saturated rings. The lowest BCUT2D eigenvalue weighted by molar-refractivity contribution is 0.0939. The molecule has 5 nitrogen and oxygen atoms in total. The Labute approximate surface area is 190 Å². The number of aryl methyl sites for hydroxylation is 5. The van der Waals surface area contributed by atoms with Crippen molar-refractivity contribution in [3.63, 3.8) is 0 Å². The molecule has 0 saturated heterocycles. The van der Waals surface area contributed by atoms with Crippen LogP contribution < -0.4 is 10.0 Å². The first kappa shape index (κ1) is 23.5. The first-order valence-electron chi connectivity index (χ1n) is 10.6. The summed E-state index contributed by atoms with van der Waals surface area (Å²) in [4.78, 5) is 13.0. The van der Waals surface area contributed by atoms with Crippen LogP contribution in [0.15, 0.2) is 59.5 Å². The second kappa shape index (κ2) is 9.17. The van der Waals surface area contributed by atoms with E-state index in [1.54, 1.807) is 31.2 Å². The maximum absolute atomic E-state index is 13.0. The van der Waals surface area contributed by atoms with Gasteiger partial charge in [0.05, 0.1) is 10.9 Å². The fourth-order valence-corrected chi connectivity index (χ4v) is 5.00. The topological polar surface area (TPSA) is 75.3 Å². The molecule has 3 rings (SSSR count). The molecule has 0 aromatic heterocycles. The predicted molar refractivity (Wildman–Crippen MR) is 130 cm³/mol. The highest BCUT2D eigenvalue weighted by molar-refractivity contribution is 7.92. The van der Waals surface area contributed by atoms with Crippen LogP contribution in [0.3, 0.4) is 0 Å². The molecule has 3 aromatic rings. The lowest BCUT2D eigenvalue weighted by Crippen LogP contribution is -2.27. The molecule has 0 radical (unpaired) electrons. The van der Waals surface area contributed by atoms with Crippen LogP contribution in [-0.4, -0.2) is 14.3 Å². The summed E-state index contributed by atoms with van der Waals surface area (Å²) in [5, 5.41) is 3.00. The van der Waals surface area contributed by atoms with Gasteiger partial charge in [-0.3, -0.25) is 9.52 Å². The van der Waals surface area contributed by atoms with E-state index < -0.39 is 10.0 Å². The lowest BCUT2D eigenvalue weighted by Gasteiger charge is -2.19. The fraction of sp³-hybridized carbons (Fsp3) is 0.269. The summed E-state index contributed by atoms with van der Waals surface area (Å²) in [5.74, 6) is -0.318. The van der Waals surface area contributed by atoms with E-state index in [0.717, 1.165) is 22.3 Å². The van der Waals surface area contributed by atoms with Crippen molar-refractivity contribution >= 4 is 21.6 Å². The number of nitrogens with one attached hydrogen (secondary N) is 2. The average Bonchev–Trinajstić information content (AvgIpc) is 2.72. The first-order valence-corrected chi connectivity index (χ1v) is 12.0. The van der Waals surface area contributed by atoms with Crippen molar-refractivity contribution in [1.82, 2.24) is 5.32 Å². The number of hydrogen-bond donors (Lipinski definition) is 2. The largest absolute Gasteiger partial charge is 0.346 e. The van der Waals surface area contributed by atoms with Crippen molar-refractivity contribution in [3.8, 4) is 0 Å². The average molecular weight is 451 g/mol. The van der Waals surface area contributed by atoms with Crippen LogP contribution in [-0.2, 0) is 10.0 Å². The molecule has 1 amide bonds. The number of carbonyl (C=O) groups excluding carboxylic acids is 1. The van der Waals surface area contributed by atoms with E-state index in [4.69, 9.17) is 0 Å². The number of anilines is 1. The fourth-order valence-electron chi connectivity index (χ4n) is 3.67. The molecule has 1 atom stereocenters. The van der Waals surface area contributed by atoms with Crippen LogP contribution in [0, 0.1) is 34.6 Å². The van der Waals surface area contributed by atoms with E-state index >= 15 is 0 Å². The smallest absolute Gasteiger partial charge is 0.262 e. The van der Waals surface area contributed by atoms with E-state index in [1.807, 2.05) is 39.8 Å². The van der Waals surface area contributed by atoms with Crippen molar-refractivity contribution in [2.75, 3.05) is 4.72 Å². The zero-order valence-corrected chi connectivity index (χ0v) is 20.2. The SMILES string of the molecule is Cc1ccc(NS(=O)(=O)c2cc(C(=O)N[C@H](C)c3cc(C)c(C)cc3C)ccc2C)cc1. The minimum Gasteiger partial charge on any atom is -0.346 e. The summed E-state index contributed by atoms with van der Waals surface area (Å²) in [6.07, 6.45) is 0. The Morgan fingerprint density at radius 1 is 0.781 bits per heavy atom. The van der Waals surface area contributed by atoms with E-state index in [2.05, 4.69) is 29.1 Å². The molecule has 0 heterocycles. The Kier molecular flexibility index (Phi) is 6.74.